The third kappa shape index (κ3) is 4.75. The van der Waals surface area contributed by atoms with Gasteiger partial charge in [-0.2, -0.15) is 0 Å². The van der Waals surface area contributed by atoms with Crippen molar-refractivity contribution in [2.75, 3.05) is 28.6 Å². The van der Waals surface area contributed by atoms with Gasteiger partial charge in [0.25, 0.3) is 10.0 Å². The van der Waals surface area contributed by atoms with Gasteiger partial charge in [-0.25, -0.2) is 18.2 Å². The smallest absolute Gasteiger partial charge is 0.323 e. The number of hydrogen-bond donors (Lipinski definition) is 3. The summed E-state index contributed by atoms with van der Waals surface area (Å²) < 4.78 is 39.6. The summed E-state index contributed by atoms with van der Waals surface area (Å²) in [6, 6.07) is 16.5. The second-order valence-electron chi connectivity index (χ2n) is 7.56. The number of nitrogens with one attached hydrogen (secondary N) is 3. The lowest BCUT2D eigenvalue weighted by Gasteiger charge is -2.19. The number of urea groups is 1. The molecule has 3 aromatic carbocycles. The number of fused-ring (bicyclic) bond motifs is 2. The summed E-state index contributed by atoms with van der Waals surface area (Å²) in [6.07, 6.45) is 0. The van der Waals surface area contributed by atoms with Gasteiger partial charge in [0.2, 0.25) is 0 Å². The average molecular weight is 497 g/mol. The predicted molar refractivity (Wildman–Crippen MR) is 132 cm³/mol. The molecule has 34 heavy (non-hydrogen) atoms. The number of hydrogen-bond acceptors (Lipinski definition) is 7. The van der Waals surface area contributed by atoms with E-state index in [0.29, 0.717) is 41.6 Å². The highest BCUT2D eigenvalue weighted by molar-refractivity contribution is 7.93. The molecule has 4 aromatic rings. The number of aryl methyl sites for hydroxylation is 1. The fourth-order valence-corrected chi connectivity index (χ4v) is 5.44. The molecule has 9 nitrogen and oxygen atoms in total. The van der Waals surface area contributed by atoms with Crippen molar-refractivity contribution >= 4 is 54.1 Å². The first-order chi connectivity index (χ1) is 16.4. The first-order valence-corrected chi connectivity index (χ1v) is 12.6. The summed E-state index contributed by atoms with van der Waals surface area (Å²) in [5.41, 5.74) is 2.60. The van der Waals surface area contributed by atoms with Gasteiger partial charge in [0.05, 0.1) is 15.1 Å². The van der Waals surface area contributed by atoms with Crippen LogP contribution in [-0.4, -0.2) is 32.6 Å². The average Bonchev–Trinajstić information content (AvgIpc) is 3.20. The van der Waals surface area contributed by atoms with Crippen molar-refractivity contribution in [1.82, 2.24) is 4.98 Å². The number of benzene rings is 3. The number of anilines is 3. The van der Waals surface area contributed by atoms with Crippen molar-refractivity contribution in [3.8, 4) is 11.5 Å². The highest BCUT2D eigenvalue weighted by Gasteiger charge is 2.17. The molecule has 3 N–H and O–H groups in total. The van der Waals surface area contributed by atoms with Crippen LogP contribution in [0.15, 0.2) is 65.6 Å². The maximum Gasteiger partial charge on any atom is 0.323 e. The van der Waals surface area contributed by atoms with Crippen LogP contribution in [-0.2, 0) is 10.0 Å². The molecule has 0 bridgehead atoms. The number of nitrogens with zero attached hydrogens (tertiary/aromatic N) is 1. The highest BCUT2D eigenvalue weighted by Crippen LogP contribution is 2.33. The van der Waals surface area contributed by atoms with Crippen LogP contribution in [0.4, 0.5) is 21.3 Å². The van der Waals surface area contributed by atoms with Crippen LogP contribution in [0.25, 0.3) is 10.2 Å². The molecule has 0 fully saturated rings. The molecule has 0 unspecified atom stereocenters. The van der Waals surface area contributed by atoms with Crippen LogP contribution in [0, 0.1) is 6.92 Å². The van der Waals surface area contributed by atoms with Gasteiger partial charge >= 0.3 is 6.03 Å². The van der Waals surface area contributed by atoms with Crippen molar-refractivity contribution in [2.45, 2.75) is 11.8 Å². The zero-order chi connectivity index (χ0) is 23.7. The van der Waals surface area contributed by atoms with E-state index in [9.17, 15) is 13.2 Å². The largest absolute Gasteiger partial charge is 0.486 e. The van der Waals surface area contributed by atoms with E-state index in [1.807, 2.05) is 6.92 Å². The highest BCUT2D eigenvalue weighted by atomic mass is 32.2. The number of aromatic nitrogens is 1. The lowest BCUT2D eigenvalue weighted by molar-refractivity contribution is 0.171. The van der Waals surface area contributed by atoms with Crippen molar-refractivity contribution in [2.24, 2.45) is 0 Å². The zero-order valence-corrected chi connectivity index (χ0v) is 19.6. The van der Waals surface area contributed by atoms with Gasteiger partial charge in [-0.1, -0.05) is 29.0 Å². The van der Waals surface area contributed by atoms with Crippen LogP contribution < -0.4 is 24.8 Å². The number of carbonyl (C=O) groups is 1. The molecule has 11 heteroatoms. The molecule has 0 atom stereocenters. The van der Waals surface area contributed by atoms with Crippen LogP contribution in [0.1, 0.15) is 5.56 Å². The standard InChI is InChI=1S/C23H20N4O5S2/c1-14-2-6-17(7-3-14)34(29,30)27-23-26-18-12-15(5-9-21(18)33-23)24-22(28)25-16-4-8-19-20(13-16)32-11-10-31-19/h2-9,12-13H,10-11H2,1H3,(H,26,27)(H2,24,25,28). The van der Waals surface area contributed by atoms with Gasteiger partial charge in [-0.05, 0) is 49.4 Å². The van der Waals surface area contributed by atoms with Gasteiger partial charge in [0, 0.05) is 17.4 Å². The quantitative estimate of drug-likeness (QED) is 0.365. The van der Waals surface area contributed by atoms with E-state index in [-0.39, 0.29) is 10.0 Å². The molecule has 0 spiro atoms. The SMILES string of the molecule is Cc1ccc(S(=O)(=O)Nc2nc3cc(NC(=O)Nc4ccc5c(c4)OCCO5)ccc3s2)cc1. The Morgan fingerprint density at radius 2 is 1.59 bits per heavy atom. The molecule has 2 heterocycles. The fourth-order valence-electron chi connectivity index (χ4n) is 3.35. The molecule has 5 rings (SSSR count). The third-order valence-corrected chi connectivity index (χ3v) is 7.43. The minimum atomic E-state index is -3.75. The van der Waals surface area contributed by atoms with Gasteiger partial charge in [-0.3, -0.25) is 4.72 Å². The second kappa shape index (κ2) is 8.84. The molecule has 0 aliphatic carbocycles. The molecule has 0 radical (unpaired) electrons. The number of thiazole rings is 1. The van der Waals surface area contributed by atoms with Crippen molar-refractivity contribution < 1.29 is 22.7 Å². The zero-order valence-electron chi connectivity index (χ0n) is 18.0. The Morgan fingerprint density at radius 1 is 0.912 bits per heavy atom. The second-order valence-corrected chi connectivity index (χ2v) is 10.3. The maximum absolute atomic E-state index is 12.6. The first-order valence-electron chi connectivity index (χ1n) is 10.3. The Morgan fingerprint density at radius 3 is 2.35 bits per heavy atom. The Balaban J connectivity index is 1.28. The van der Waals surface area contributed by atoms with E-state index in [1.54, 1.807) is 60.7 Å². The molecular formula is C23H20N4O5S2. The van der Waals surface area contributed by atoms with E-state index < -0.39 is 16.1 Å². The van der Waals surface area contributed by atoms with Crippen molar-refractivity contribution in [3.05, 3.63) is 66.2 Å². The van der Waals surface area contributed by atoms with E-state index in [0.717, 1.165) is 10.3 Å². The maximum atomic E-state index is 12.6. The molecule has 0 saturated carbocycles. The molecule has 1 aliphatic rings. The summed E-state index contributed by atoms with van der Waals surface area (Å²) in [5, 5.41) is 5.75. The number of carbonyl (C=O) groups excluding carboxylic acids is 1. The van der Waals surface area contributed by atoms with E-state index >= 15 is 0 Å². The van der Waals surface area contributed by atoms with E-state index in [2.05, 4.69) is 20.3 Å². The predicted octanol–water partition coefficient (Wildman–Crippen LogP) is 4.82. The Labute approximate surface area is 199 Å². The minimum absolute atomic E-state index is 0.163. The summed E-state index contributed by atoms with van der Waals surface area (Å²) in [5.74, 6) is 1.22. The Hall–Kier alpha value is -3.83. The van der Waals surface area contributed by atoms with Gasteiger partial charge in [-0.15, -0.1) is 0 Å². The minimum Gasteiger partial charge on any atom is -0.486 e. The van der Waals surface area contributed by atoms with Crippen LogP contribution in [0.3, 0.4) is 0 Å². The lowest BCUT2D eigenvalue weighted by atomic mass is 10.2. The van der Waals surface area contributed by atoms with Crippen LogP contribution in [0.5, 0.6) is 11.5 Å². The fraction of sp³-hybridized carbons (Fsp3) is 0.130. The topological polar surface area (TPSA) is 119 Å². The van der Waals surface area contributed by atoms with E-state index in [1.165, 1.54) is 11.3 Å². The van der Waals surface area contributed by atoms with Crippen LogP contribution >= 0.6 is 11.3 Å². The Kier molecular flexibility index (Phi) is 5.72. The molecule has 1 aliphatic heterocycles. The summed E-state index contributed by atoms with van der Waals surface area (Å²) in [7, 11) is -3.75. The molecule has 2 amide bonds. The molecule has 174 valence electrons. The Bertz CT molecular complexity index is 1480. The van der Waals surface area contributed by atoms with Crippen LogP contribution in [0.2, 0.25) is 0 Å². The summed E-state index contributed by atoms with van der Waals surface area (Å²) >= 11 is 1.21. The third-order valence-electron chi connectivity index (χ3n) is 5.00. The molecule has 0 saturated heterocycles. The lowest BCUT2D eigenvalue weighted by Crippen LogP contribution is -2.20. The normalized spacial score (nSPS) is 12.9. The number of sulfonamides is 1. The number of amides is 2. The molecule has 1 aromatic heterocycles. The summed E-state index contributed by atoms with van der Waals surface area (Å²) in [6.45, 7) is 2.84. The first kappa shape index (κ1) is 22.0. The van der Waals surface area contributed by atoms with Gasteiger partial charge in [0.1, 0.15) is 13.2 Å². The summed E-state index contributed by atoms with van der Waals surface area (Å²) in [4.78, 5) is 17.0. The number of rotatable bonds is 5. The van der Waals surface area contributed by atoms with Gasteiger partial charge < -0.3 is 20.1 Å². The van der Waals surface area contributed by atoms with Crippen molar-refractivity contribution in [3.63, 3.8) is 0 Å². The number of ether oxygens (including phenoxy) is 2. The van der Waals surface area contributed by atoms with Crippen molar-refractivity contribution in [1.29, 1.82) is 0 Å². The molecular weight excluding hydrogens is 476 g/mol. The monoisotopic (exact) mass is 496 g/mol. The van der Waals surface area contributed by atoms with E-state index in [4.69, 9.17) is 9.47 Å². The van der Waals surface area contributed by atoms with Gasteiger partial charge in [0.15, 0.2) is 16.6 Å².